The summed E-state index contributed by atoms with van der Waals surface area (Å²) < 4.78 is 0. The van der Waals surface area contributed by atoms with E-state index in [0.29, 0.717) is 5.41 Å². The summed E-state index contributed by atoms with van der Waals surface area (Å²) in [6, 6.07) is 0. The Kier molecular flexibility index (Phi) is 4.80. The first-order valence-corrected chi connectivity index (χ1v) is 8.09. The summed E-state index contributed by atoms with van der Waals surface area (Å²) in [4.78, 5) is 0. The fraction of sp³-hybridized carbons (Fsp3) is 1.00. The van der Waals surface area contributed by atoms with Crippen molar-refractivity contribution in [3.05, 3.63) is 0 Å². The molecule has 1 rings (SSSR count). The van der Waals surface area contributed by atoms with E-state index in [2.05, 4.69) is 59.6 Å². The lowest BCUT2D eigenvalue weighted by Gasteiger charge is -2.47. The van der Waals surface area contributed by atoms with Gasteiger partial charge in [-0.1, -0.05) is 41.5 Å². The van der Waals surface area contributed by atoms with E-state index >= 15 is 0 Å². The minimum atomic E-state index is 0.473. The molecule has 0 saturated heterocycles. The predicted molar refractivity (Wildman–Crippen MR) is 77.0 cm³/mol. The van der Waals surface area contributed by atoms with Gasteiger partial charge in [0, 0.05) is 5.25 Å². The van der Waals surface area contributed by atoms with Gasteiger partial charge in [0.1, 0.15) is 0 Å². The van der Waals surface area contributed by atoms with Gasteiger partial charge in [-0.25, -0.2) is 0 Å². The quantitative estimate of drug-likeness (QED) is 0.650. The third kappa shape index (κ3) is 3.18. The van der Waals surface area contributed by atoms with Crippen molar-refractivity contribution in [3.63, 3.8) is 0 Å². The Morgan fingerprint density at radius 3 is 2.06 bits per heavy atom. The Bertz CT molecular complexity index is 214. The highest BCUT2D eigenvalue weighted by atomic mass is 32.2. The second kappa shape index (κ2) is 5.33. The van der Waals surface area contributed by atoms with Crippen LogP contribution >= 0.6 is 11.8 Å². The van der Waals surface area contributed by atoms with Crippen LogP contribution in [0.15, 0.2) is 0 Å². The predicted octanol–water partition coefficient (Wildman–Crippen LogP) is 5.08. The zero-order chi connectivity index (χ0) is 12.5. The van der Waals surface area contributed by atoms with Crippen LogP contribution in [0.25, 0.3) is 0 Å². The maximum absolute atomic E-state index is 2.47. The molecule has 4 atom stereocenters. The largest absolute Gasteiger partial charge is 0.162 e. The molecular formula is C15H30S. The molecule has 0 aromatic heterocycles. The van der Waals surface area contributed by atoms with Crippen LogP contribution in [-0.4, -0.2) is 11.5 Å². The fourth-order valence-electron chi connectivity index (χ4n) is 3.48. The molecule has 0 aromatic carbocycles. The second-order valence-corrected chi connectivity index (χ2v) is 8.18. The van der Waals surface area contributed by atoms with Crippen molar-refractivity contribution < 1.29 is 0 Å². The van der Waals surface area contributed by atoms with Crippen molar-refractivity contribution in [2.24, 2.45) is 29.1 Å². The Labute approximate surface area is 107 Å². The van der Waals surface area contributed by atoms with E-state index in [1.54, 1.807) is 0 Å². The van der Waals surface area contributed by atoms with Crippen LogP contribution in [0, 0.1) is 29.1 Å². The summed E-state index contributed by atoms with van der Waals surface area (Å²) in [5, 5.41) is 0.880. The second-order valence-electron chi connectivity index (χ2n) is 7.10. The van der Waals surface area contributed by atoms with Gasteiger partial charge in [-0.2, -0.15) is 11.8 Å². The minimum absolute atomic E-state index is 0.473. The van der Waals surface area contributed by atoms with Gasteiger partial charge in [-0.15, -0.1) is 0 Å². The van der Waals surface area contributed by atoms with Crippen molar-refractivity contribution in [2.75, 3.05) is 6.26 Å². The molecule has 0 nitrogen and oxygen atoms in total. The van der Waals surface area contributed by atoms with Crippen molar-refractivity contribution in [3.8, 4) is 0 Å². The monoisotopic (exact) mass is 242 g/mol. The molecule has 96 valence electrons. The average molecular weight is 242 g/mol. The highest BCUT2D eigenvalue weighted by Crippen LogP contribution is 2.48. The van der Waals surface area contributed by atoms with E-state index in [9.17, 15) is 0 Å². The first-order chi connectivity index (χ1) is 7.27. The van der Waals surface area contributed by atoms with Crippen LogP contribution in [0.2, 0.25) is 0 Å². The Hall–Kier alpha value is 0.350. The maximum Gasteiger partial charge on any atom is 0.00802 e. The number of hydrogen-bond donors (Lipinski definition) is 0. The molecule has 1 aliphatic rings. The van der Waals surface area contributed by atoms with Crippen LogP contribution in [0.5, 0.6) is 0 Å². The Balaban J connectivity index is 2.81. The van der Waals surface area contributed by atoms with E-state index in [4.69, 9.17) is 0 Å². The molecule has 16 heavy (non-hydrogen) atoms. The van der Waals surface area contributed by atoms with Gasteiger partial charge in [0.25, 0.3) is 0 Å². The lowest BCUT2D eigenvalue weighted by Crippen LogP contribution is -2.40. The van der Waals surface area contributed by atoms with Crippen molar-refractivity contribution in [2.45, 2.75) is 59.6 Å². The third-order valence-electron chi connectivity index (χ3n) is 4.58. The fourth-order valence-corrected chi connectivity index (χ4v) is 4.83. The topological polar surface area (TPSA) is 0 Å². The lowest BCUT2D eigenvalue weighted by atomic mass is 9.63. The van der Waals surface area contributed by atoms with E-state index in [-0.39, 0.29) is 0 Å². The molecule has 1 aliphatic carbocycles. The van der Waals surface area contributed by atoms with Gasteiger partial charge in [-0.3, -0.25) is 0 Å². The zero-order valence-corrected chi connectivity index (χ0v) is 13.0. The molecule has 1 saturated carbocycles. The molecule has 1 fully saturated rings. The van der Waals surface area contributed by atoms with Gasteiger partial charge in [0.15, 0.2) is 0 Å². The van der Waals surface area contributed by atoms with Crippen LogP contribution in [0.4, 0.5) is 0 Å². The normalized spacial score (nSPS) is 36.8. The van der Waals surface area contributed by atoms with Crippen LogP contribution in [0.1, 0.15) is 54.4 Å². The standard InChI is InChI=1S/C15H30S/c1-10(2)12-9-13(15(4,5)6)14(16-7)8-11(12)3/h10-14H,8-9H2,1-7H3. The SMILES string of the molecule is CSC1CC(C)C(C(C)C)CC1C(C)(C)C. The highest BCUT2D eigenvalue weighted by Gasteiger charge is 2.40. The summed E-state index contributed by atoms with van der Waals surface area (Å²) in [5.74, 6) is 3.59. The average Bonchev–Trinajstić information content (AvgIpc) is 2.14. The highest BCUT2D eigenvalue weighted by molar-refractivity contribution is 7.99. The molecule has 0 spiro atoms. The van der Waals surface area contributed by atoms with Gasteiger partial charge in [-0.05, 0) is 48.2 Å². The zero-order valence-electron chi connectivity index (χ0n) is 12.2. The Morgan fingerprint density at radius 1 is 1.12 bits per heavy atom. The van der Waals surface area contributed by atoms with Crippen LogP contribution in [0.3, 0.4) is 0 Å². The van der Waals surface area contributed by atoms with Gasteiger partial charge in [0.2, 0.25) is 0 Å². The number of thioether (sulfide) groups is 1. The van der Waals surface area contributed by atoms with E-state index in [1.165, 1.54) is 12.8 Å². The molecule has 0 N–H and O–H groups in total. The molecule has 0 aromatic rings. The van der Waals surface area contributed by atoms with Gasteiger partial charge >= 0.3 is 0 Å². The molecule has 4 unspecified atom stereocenters. The summed E-state index contributed by atoms with van der Waals surface area (Å²) in [6.07, 6.45) is 5.16. The van der Waals surface area contributed by atoms with Crippen molar-refractivity contribution in [1.82, 2.24) is 0 Å². The maximum atomic E-state index is 2.47. The molecular weight excluding hydrogens is 212 g/mol. The van der Waals surface area contributed by atoms with Crippen LogP contribution in [-0.2, 0) is 0 Å². The number of rotatable bonds is 2. The lowest BCUT2D eigenvalue weighted by molar-refractivity contribution is 0.0873. The van der Waals surface area contributed by atoms with Crippen molar-refractivity contribution >= 4 is 11.8 Å². The minimum Gasteiger partial charge on any atom is -0.162 e. The van der Waals surface area contributed by atoms with Gasteiger partial charge < -0.3 is 0 Å². The molecule has 0 heterocycles. The molecule has 0 bridgehead atoms. The van der Waals surface area contributed by atoms with E-state index in [1.807, 2.05) is 0 Å². The molecule has 0 aliphatic heterocycles. The first kappa shape index (κ1) is 14.4. The van der Waals surface area contributed by atoms with Gasteiger partial charge in [0.05, 0.1) is 0 Å². The summed E-state index contributed by atoms with van der Waals surface area (Å²) in [7, 11) is 0. The van der Waals surface area contributed by atoms with E-state index in [0.717, 1.165) is 28.9 Å². The molecule has 1 heteroatoms. The van der Waals surface area contributed by atoms with Crippen LogP contribution < -0.4 is 0 Å². The Morgan fingerprint density at radius 2 is 1.69 bits per heavy atom. The summed E-state index contributed by atoms with van der Waals surface area (Å²) in [5.41, 5.74) is 0.473. The smallest absolute Gasteiger partial charge is 0.00802 e. The van der Waals surface area contributed by atoms with E-state index < -0.39 is 0 Å². The van der Waals surface area contributed by atoms with Crippen molar-refractivity contribution in [1.29, 1.82) is 0 Å². The first-order valence-electron chi connectivity index (χ1n) is 6.80. The summed E-state index contributed by atoms with van der Waals surface area (Å²) >= 11 is 2.10. The molecule has 0 radical (unpaired) electrons. The molecule has 0 amide bonds. The number of hydrogen-bond acceptors (Lipinski definition) is 1. The third-order valence-corrected chi connectivity index (χ3v) is 5.71. The summed E-state index contributed by atoms with van der Waals surface area (Å²) in [6.45, 7) is 14.5.